The molecule has 2 N–H and O–H groups in total. The van der Waals surface area contributed by atoms with Gasteiger partial charge in [0.15, 0.2) is 5.11 Å². The second-order valence-electron chi connectivity index (χ2n) is 11.6. The third-order valence-electron chi connectivity index (χ3n) is 8.91. The summed E-state index contributed by atoms with van der Waals surface area (Å²) in [6.45, 7) is 6.57. The molecule has 6 rings (SSSR count). The van der Waals surface area contributed by atoms with E-state index >= 15 is 0 Å². The maximum absolute atomic E-state index is 6.37. The van der Waals surface area contributed by atoms with Crippen LogP contribution in [0.3, 0.4) is 0 Å². The van der Waals surface area contributed by atoms with E-state index in [1.807, 2.05) is 6.07 Å². The second-order valence-corrected chi connectivity index (χ2v) is 12.4. The summed E-state index contributed by atoms with van der Waals surface area (Å²) >= 11 is 12.2. The van der Waals surface area contributed by atoms with Crippen LogP contribution >= 0.6 is 23.8 Å². The Hall–Kier alpha value is -3.10. The van der Waals surface area contributed by atoms with Gasteiger partial charge >= 0.3 is 0 Å². The van der Waals surface area contributed by atoms with Gasteiger partial charge in [0, 0.05) is 68.0 Å². The molecule has 0 radical (unpaired) electrons. The number of halogens is 1. The highest BCUT2D eigenvalue weighted by Crippen LogP contribution is 2.41. The zero-order valence-electron chi connectivity index (χ0n) is 23.7. The Morgan fingerprint density at radius 1 is 0.756 bits per heavy atom. The van der Waals surface area contributed by atoms with Crippen molar-refractivity contribution in [2.45, 2.75) is 50.4 Å². The molecular formula is C32H40ClN7S. The number of rotatable bonds is 7. The molecule has 7 nitrogen and oxygen atoms in total. The summed E-state index contributed by atoms with van der Waals surface area (Å²) in [6, 6.07) is 21.1. The third kappa shape index (κ3) is 6.70. The first-order chi connectivity index (χ1) is 20.1. The number of hydrogen-bond acceptors (Lipinski definition) is 6. The molecule has 0 amide bonds. The van der Waals surface area contributed by atoms with Crippen LogP contribution in [0.2, 0.25) is 5.02 Å². The Morgan fingerprint density at radius 3 is 2.10 bits per heavy atom. The molecule has 0 bridgehead atoms. The number of thiocarbonyl (C=S) groups is 1. The molecule has 0 unspecified atom stereocenters. The van der Waals surface area contributed by atoms with Gasteiger partial charge in [-0.1, -0.05) is 54.8 Å². The number of piperazine rings is 1. The summed E-state index contributed by atoms with van der Waals surface area (Å²) < 4.78 is 0. The molecule has 0 spiro atoms. The smallest absolute Gasteiger partial charge is 0.232 e. The lowest BCUT2D eigenvalue weighted by Crippen LogP contribution is -2.47. The van der Waals surface area contributed by atoms with Crippen LogP contribution in [0, 0.1) is 0 Å². The van der Waals surface area contributed by atoms with Crippen molar-refractivity contribution < 1.29 is 0 Å². The molecule has 9 heteroatoms. The molecule has 216 valence electrons. The fourth-order valence-corrected chi connectivity index (χ4v) is 6.94. The van der Waals surface area contributed by atoms with Gasteiger partial charge in [0.1, 0.15) is 11.6 Å². The molecule has 2 aliphatic heterocycles. The average Bonchev–Trinajstić information content (AvgIpc) is 3.51. The standard InChI is InChI=1S/C32H40ClN7S/c33-26-11-9-10-25(22-26)32(14-5-6-15-32)24-34-31(41)37-30-35-28(39-16-7-2-8-17-39)23-29(36-30)40-20-18-38(19-21-40)27-12-3-1-4-13-27/h1,3-4,9-13,22-23H,2,5-8,14-21,24H2,(H2,34,35,36,37,41). The number of nitrogens with zero attached hydrogens (tertiary/aromatic N) is 5. The highest BCUT2D eigenvalue weighted by molar-refractivity contribution is 7.80. The van der Waals surface area contributed by atoms with Crippen molar-refractivity contribution in [3.63, 3.8) is 0 Å². The second kappa shape index (κ2) is 12.8. The Kier molecular flexibility index (Phi) is 8.77. The number of hydrogen-bond donors (Lipinski definition) is 2. The van der Waals surface area contributed by atoms with Crippen molar-refractivity contribution in [2.24, 2.45) is 0 Å². The van der Waals surface area contributed by atoms with E-state index in [1.165, 1.54) is 43.4 Å². The number of benzene rings is 2. The topological polar surface area (TPSA) is 59.6 Å². The van der Waals surface area contributed by atoms with Crippen molar-refractivity contribution in [2.75, 3.05) is 65.8 Å². The van der Waals surface area contributed by atoms with Gasteiger partial charge in [0.05, 0.1) is 0 Å². The van der Waals surface area contributed by atoms with E-state index in [-0.39, 0.29) is 5.41 Å². The zero-order valence-corrected chi connectivity index (χ0v) is 25.3. The molecule has 2 aromatic carbocycles. The summed E-state index contributed by atoms with van der Waals surface area (Å²) in [7, 11) is 0. The van der Waals surface area contributed by atoms with Crippen LogP contribution in [0.4, 0.5) is 23.3 Å². The molecule has 3 aliphatic rings. The van der Waals surface area contributed by atoms with Gasteiger partial charge in [-0.2, -0.15) is 9.97 Å². The number of aromatic nitrogens is 2. The Balaban J connectivity index is 1.16. The predicted octanol–water partition coefficient (Wildman–Crippen LogP) is 6.25. The Morgan fingerprint density at radius 2 is 1.41 bits per heavy atom. The molecule has 1 aliphatic carbocycles. The van der Waals surface area contributed by atoms with Gasteiger partial charge in [0.2, 0.25) is 5.95 Å². The average molecular weight is 590 g/mol. The van der Waals surface area contributed by atoms with Gasteiger partial charge in [-0.15, -0.1) is 0 Å². The number of piperidine rings is 1. The van der Waals surface area contributed by atoms with Gasteiger partial charge < -0.3 is 25.3 Å². The molecular weight excluding hydrogens is 550 g/mol. The van der Waals surface area contributed by atoms with Gasteiger partial charge in [-0.25, -0.2) is 0 Å². The summed E-state index contributed by atoms with van der Waals surface area (Å²) in [6.07, 6.45) is 8.37. The van der Waals surface area contributed by atoms with Gasteiger partial charge in [0.25, 0.3) is 0 Å². The van der Waals surface area contributed by atoms with E-state index in [1.54, 1.807) is 0 Å². The normalized spacial score (nSPS) is 18.8. The molecule has 3 fully saturated rings. The summed E-state index contributed by atoms with van der Waals surface area (Å²) in [5.74, 6) is 2.51. The summed E-state index contributed by atoms with van der Waals surface area (Å²) in [5.41, 5.74) is 2.61. The van der Waals surface area contributed by atoms with Crippen LogP contribution < -0.4 is 25.3 Å². The SMILES string of the molecule is S=C(NCC1(c2cccc(Cl)c2)CCCC1)Nc1nc(N2CCCCC2)cc(N2CCN(c3ccccc3)CC2)n1. The van der Waals surface area contributed by atoms with Crippen molar-refractivity contribution >= 4 is 52.2 Å². The van der Waals surface area contributed by atoms with Crippen LogP contribution in [-0.4, -0.2) is 60.9 Å². The minimum absolute atomic E-state index is 0.0384. The fourth-order valence-electron chi connectivity index (χ4n) is 6.59. The third-order valence-corrected chi connectivity index (χ3v) is 9.40. The Labute approximate surface area is 254 Å². The first-order valence-electron chi connectivity index (χ1n) is 15.1. The molecule has 41 heavy (non-hydrogen) atoms. The zero-order chi connectivity index (χ0) is 28.1. The van der Waals surface area contributed by atoms with Crippen LogP contribution in [0.5, 0.6) is 0 Å². The lowest BCUT2D eigenvalue weighted by atomic mass is 9.79. The fraction of sp³-hybridized carbons (Fsp3) is 0.469. The summed E-state index contributed by atoms with van der Waals surface area (Å²) in [5, 5.41) is 8.22. The van der Waals surface area contributed by atoms with Crippen LogP contribution in [-0.2, 0) is 5.41 Å². The molecule has 0 atom stereocenters. The highest BCUT2D eigenvalue weighted by atomic mass is 35.5. The van der Waals surface area contributed by atoms with Crippen LogP contribution in [0.15, 0.2) is 60.7 Å². The minimum atomic E-state index is 0.0384. The van der Waals surface area contributed by atoms with Gasteiger partial charge in [-0.05, 0) is 74.2 Å². The molecule has 1 aromatic heterocycles. The molecule has 1 saturated carbocycles. The summed E-state index contributed by atoms with van der Waals surface area (Å²) in [4.78, 5) is 17.1. The van der Waals surface area contributed by atoms with E-state index in [0.29, 0.717) is 11.1 Å². The maximum atomic E-state index is 6.37. The first kappa shape index (κ1) is 28.0. The van der Waals surface area contributed by atoms with Crippen molar-refractivity contribution in [3.05, 3.63) is 71.2 Å². The molecule has 2 saturated heterocycles. The maximum Gasteiger partial charge on any atom is 0.232 e. The number of anilines is 4. The van der Waals surface area contributed by atoms with E-state index in [9.17, 15) is 0 Å². The van der Waals surface area contributed by atoms with Gasteiger partial charge in [-0.3, -0.25) is 0 Å². The van der Waals surface area contributed by atoms with E-state index < -0.39 is 0 Å². The highest BCUT2D eigenvalue weighted by Gasteiger charge is 2.36. The van der Waals surface area contributed by atoms with Crippen molar-refractivity contribution in [1.82, 2.24) is 15.3 Å². The Bertz CT molecular complexity index is 1320. The molecule has 3 aromatic rings. The lowest BCUT2D eigenvalue weighted by Gasteiger charge is -2.37. The van der Waals surface area contributed by atoms with Crippen LogP contribution in [0.25, 0.3) is 0 Å². The number of nitrogens with one attached hydrogen (secondary N) is 2. The quantitative estimate of drug-likeness (QED) is 0.314. The minimum Gasteiger partial charge on any atom is -0.368 e. The predicted molar refractivity (Wildman–Crippen MR) is 175 cm³/mol. The van der Waals surface area contributed by atoms with Crippen LogP contribution in [0.1, 0.15) is 50.5 Å². The monoisotopic (exact) mass is 589 g/mol. The van der Waals surface area contributed by atoms with Crippen molar-refractivity contribution in [1.29, 1.82) is 0 Å². The van der Waals surface area contributed by atoms with Crippen molar-refractivity contribution in [3.8, 4) is 0 Å². The first-order valence-corrected chi connectivity index (χ1v) is 15.9. The van der Waals surface area contributed by atoms with E-state index in [2.05, 4.69) is 79.9 Å². The van der Waals surface area contributed by atoms with E-state index in [4.69, 9.17) is 33.8 Å². The molecule has 3 heterocycles. The lowest BCUT2D eigenvalue weighted by molar-refractivity contribution is 0.435. The number of para-hydroxylation sites is 1. The largest absolute Gasteiger partial charge is 0.368 e. The van der Waals surface area contributed by atoms with E-state index in [0.717, 1.165) is 75.3 Å².